The van der Waals surface area contributed by atoms with E-state index in [2.05, 4.69) is 15.9 Å². The zero-order valence-corrected chi connectivity index (χ0v) is 18.9. The van der Waals surface area contributed by atoms with Gasteiger partial charge in [-0.1, -0.05) is 6.07 Å². The fourth-order valence-electron chi connectivity index (χ4n) is 3.82. The van der Waals surface area contributed by atoms with E-state index >= 15 is 0 Å². The number of nitrogens with zero attached hydrogens (tertiary/aromatic N) is 1. The van der Waals surface area contributed by atoms with E-state index in [4.69, 9.17) is 14.2 Å². The topological polar surface area (TPSA) is 85.3 Å². The van der Waals surface area contributed by atoms with Crippen molar-refractivity contribution >= 4 is 27.8 Å². The summed E-state index contributed by atoms with van der Waals surface area (Å²) in [5.74, 6) is -0.803. The van der Waals surface area contributed by atoms with Crippen molar-refractivity contribution in [3.05, 3.63) is 51.5 Å². The number of rotatable bonds is 7. The van der Waals surface area contributed by atoms with Crippen molar-refractivity contribution in [2.75, 3.05) is 27.4 Å². The fourth-order valence-corrected chi connectivity index (χ4v) is 4.37. The van der Waals surface area contributed by atoms with Crippen molar-refractivity contribution in [2.24, 2.45) is 0 Å². The fraction of sp³-hybridized carbons (Fsp3) is 0.364. The van der Waals surface area contributed by atoms with Crippen molar-refractivity contribution in [3.63, 3.8) is 0 Å². The van der Waals surface area contributed by atoms with Crippen LogP contribution in [-0.2, 0) is 4.79 Å². The van der Waals surface area contributed by atoms with Gasteiger partial charge in [-0.25, -0.2) is 0 Å². The smallest absolute Gasteiger partial charge is 0.313 e. The first kappa shape index (κ1) is 22.0. The Bertz CT molecular complexity index is 976. The quantitative estimate of drug-likeness (QED) is 0.641. The van der Waals surface area contributed by atoms with Gasteiger partial charge in [0.1, 0.15) is 11.7 Å². The molecule has 2 atom stereocenters. The molecule has 1 aliphatic rings. The van der Waals surface area contributed by atoms with Crippen molar-refractivity contribution in [1.29, 1.82) is 0 Å². The molecule has 0 unspecified atom stereocenters. The summed E-state index contributed by atoms with van der Waals surface area (Å²) in [6.07, 6.45) is 0. The molecule has 160 valence electrons. The molecule has 1 aliphatic heterocycles. The lowest BCUT2D eigenvalue weighted by Crippen LogP contribution is -2.42. The molecular weight excluding hydrogens is 454 g/mol. The van der Waals surface area contributed by atoms with E-state index < -0.39 is 17.9 Å². The van der Waals surface area contributed by atoms with Crippen LogP contribution in [0.2, 0.25) is 0 Å². The number of carbonyl (C=O) groups excluding carboxylic acids is 1. The van der Waals surface area contributed by atoms with Crippen LogP contribution in [0.25, 0.3) is 0 Å². The number of amides is 1. The van der Waals surface area contributed by atoms with Gasteiger partial charge in [-0.15, -0.1) is 0 Å². The zero-order valence-electron chi connectivity index (χ0n) is 17.3. The standard InChI is InChI=1S/C22H24BrNO6/c1-5-29-17-10-13-14(11-18(17)30-6-2)21(25)24(3)20(19(13)22(26)27)12-7-8-16(28-4)15(23)9-12/h7-11,19-20H,5-6H2,1-4H3,(H,26,27)/t19-,20+/m1/s1. The monoisotopic (exact) mass is 477 g/mol. The maximum atomic E-state index is 13.2. The Morgan fingerprint density at radius 3 is 2.27 bits per heavy atom. The minimum atomic E-state index is -1.03. The Balaban J connectivity index is 2.20. The number of aliphatic carboxylic acids is 1. The van der Waals surface area contributed by atoms with Crippen LogP contribution >= 0.6 is 15.9 Å². The zero-order chi connectivity index (χ0) is 22.0. The molecule has 0 spiro atoms. The lowest BCUT2D eigenvalue weighted by Gasteiger charge is -2.39. The number of ether oxygens (including phenoxy) is 3. The second kappa shape index (κ2) is 8.95. The highest BCUT2D eigenvalue weighted by Crippen LogP contribution is 2.46. The number of carboxylic acid groups (broad SMARTS) is 1. The van der Waals surface area contributed by atoms with Gasteiger partial charge in [-0.05, 0) is 65.2 Å². The van der Waals surface area contributed by atoms with Gasteiger partial charge in [0.15, 0.2) is 11.5 Å². The van der Waals surface area contributed by atoms with E-state index in [0.717, 1.165) is 0 Å². The minimum absolute atomic E-state index is 0.275. The first-order valence-electron chi connectivity index (χ1n) is 9.60. The number of carboxylic acids is 1. The SMILES string of the molecule is CCOc1cc2c(cc1OCC)[C@@H](C(=O)O)[C@H](c1ccc(OC)c(Br)c1)N(C)C2=O. The number of hydrogen-bond acceptors (Lipinski definition) is 5. The second-order valence-electron chi connectivity index (χ2n) is 6.82. The molecule has 0 saturated heterocycles. The molecule has 3 rings (SSSR count). The average molecular weight is 478 g/mol. The van der Waals surface area contributed by atoms with Gasteiger partial charge in [0.05, 0.1) is 30.8 Å². The van der Waals surface area contributed by atoms with Crippen LogP contribution in [0.4, 0.5) is 0 Å². The molecular formula is C22H24BrNO6. The number of hydrogen-bond donors (Lipinski definition) is 1. The number of benzene rings is 2. The highest BCUT2D eigenvalue weighted by Gasteiger charge is 2.43. The Morgan fingerprint density at radius 2 is 1.73 bits per heavy atom. The molecule has 8 heteroatoms. The molecule has 1 heterocycles. The van der Waals surface area contributed by atoms with Gasteiger partial charge in [0.2, 0.25) is 0 Å². The van der Waals surface area contributed by atoms with E-state index in [0.29, 0.717) is 51.6 Å². The largest absolute Gasteiger partial charge is 0.496 e. The summed E-state index contributed by atoms with van der Waals surface area (Å²) in [6, 6.07) is 7.81. The summed E-state index contributed by atoms with van der Waals surface area (Å²) in [6.45, 7) is 4.45. The number of halogens is 1. The summed E-state index contributed by atoms with van der Waals surface area (Å²) in [7, 11) is 3.17. The maximum absolute atomic E-state index is 13.2. The molecule has 0 aliphatic carbocycles. The van der Waals surface area contributed by atoms with E-state index in [1.807, 2.05) is 13.8 Å². The molecule has 0 saturated carbocycles. The lowest BCUT2D eigenvalue weighted by molar-refractivity contribution is -0.140. The molecule has 30 heavy (non-hydrogen) atoms. The molecule has 0 radical (unpaired) electrons. The third kappa shape index (κ3) is 3.84. The molecule has 1 N–H and O–H groups in total. The van der Waals surface area contributed by atoms with Gasteiger partial charge in [0, 0.05) is 12.6 Å². The van der Waals surface area contributed by atoms with E-state index in [9.17, 15) is 14.7 Å². The van der Waals surface area contributed by atoms with Crippen molar-refractivity contribution in [2.45, 2.75) is 25.8 Å². The van der Waals surface area contributed by atoms with Crippen LogP contribution in [0.15, 0.2) is 34.8 Å². The normalized spacial score (nSPS) is 18.0. The van der Waals surface area contributed by atoms with Crippen LogP contribution < -0.4 is 14.2 Å². The van der Waals surface area contributed by atoms with Crippen molar-refractivity contribution in [1.82, 2.24) is 4.90 Å². The van der Waals surface area contributed by atoms with Gasteiger partial charge in [-0.3, -0.25) is 9.59 Å². The Kier molecular flexibility index (Phi) is 6.55. The summed E-state index contributed by atoms with van der Waals surface area (Å²) in [4.78, 5) is 27.1. The lowest BCUT2D eigenvalue weighted by atomic mass is 9.80. The average Bonchev–Trinajstić information content (AvgIpc) is 2.71. The summed E-state index contributed by atoms with van der Waals surface area (Å²) >= 11 is 3.44. The minimum Gasteiger partial charge on any atom is -0.496 e. The predicted molar refractivity (Wildman–Crippen MR) is 115 cm³/mol. The van der Waals surface area contributed by atoms with Gasteiger partial charge >= 0.3 is 5.97 Å². The van der Waals surface area contributed by atoms with Crippen LogP contribution in [0.3, 0.4) is 0 Å². The van der Waals surface area contributed by atoms with Gasteiger partial charge in [0.25, 0.3) is 5.91 Å². The predicted octanol–water partition coefficient (Wildman–Crippen LogP) is 4.25. The van der Waals surface area contributed by atoms with E-state index in [1.165, 1.54) is 4.90 Å². The molecule has 1 amide bonds. The first-order valence-corrected chi connectivity index (χ1v) is 10.4. The number of carbonyl (C=O) groups is 2. The van der Waals surface area contributed by atoms with Crippen molar-refractivity contribution in [3.8, 4) is 17.2 Å². The highest BCUT2D eigenvalue weighted by atomic mass is 79.9. The van der Waals surface area contributed by atoms with Crippen molar-refractivity contribution < 1.29 is 28.9 Å². The van der Waals surface area contributed by atoms with Crippen LogP contribution in [0.1, 0.15) is 47.3 Å². The summed E-state index contributed by atoms with van der Waals surface area (Å²) in [5.41, 5.74) is 1.40. The summed E-state index contributed by atoms with van der Waals surface area (Å²) < 4.78 is 17.2. The number of methoxy groups -OCH3 is 1. The number of likely N-dealkylation sites (N-methyl/N-ethyl adjacent to an activating group) is 1. The second-order valence-corrected chi connectivity index (χ2v) is 7.68. The maximum Gasteiger partial charge on any atom is 0.313 e. The Labute approximate surface area is 183 Å². The molecule has 0 aromatic heterocycles. The van der Waals surface area contributed by atoms with E-state index in [1.54, 1.807) is 44.5 Å². The molecule has 0 fully saturated rings. The first-order chi connectivity index (χ1) is 14.3. The van der Waals surface area contributed by atoms with Gasteiger partial charge in [-0.2, -0.15) is 0 Å². The third-order valence-electron chi connectivity index (χ3n) is 5.12. The van der Waals surface area contributed by atoms with E-state index in [-0.39, 0.29) is 5.91 Å². The van der Waals surface area contributed by atoms with Crippen LogP contribution in [0, 0.1) is 0 Å². The Hall–Kier alpha value is -2.74. The number of fused-ring (bicyclic) bond motifs is 1. The molecule has 7 nitrogen and oxygen atoms in total. The summed E-state index contributed by atoms with van der Waals surface area (Å²) in [5, 5.41) is 10.1. The Morgan fingerprint density at radius 1 is 1.10 bits per heavy atom. The third-order valence-corrected chi connectivity index (χ3v) is 5.74. The molecule has 0 bridgehead atoms. The molecule has 2 aromatic carbocycles. The molecule has 2 aromatic rings. The highest BCUT2D eigenvalue weighted by molar-refractivity contribution is 9.10. The van der Waals surface area contributed by atoms with Gasteiger partial charge < -0.3 is 24.2 Å². The van der Waals surface area contributed by atoms with Crippen LogP contribution in [-0.4, -0.2) is 49.3 Å². The van der Waals surface area contributed by atoms with Crippen LogP contribution in [0.5, 0.6) is 17.2 Å².